The highest BCUT2D eigenvalue weighted by Crippen LogP contribution is 2.31. The monoisotopic (exact) mass is 486 g/mol. The van der Waals surface area contributed by atoms with Gasteiger partial charge in [0, 0.05) is 36.8 Å². The number of amides is 1. The van der Waals surface area contributed by atoms with Gasteiger partial charge >= 0.3 is 6.09 Å². The van der Waals surface area contributed by atoms with Crippen molar-refractivity contribution < 1.29 is 14.3 Å². The van der Waals surface area contributed by atoms with E-state index in [9.17, 15) is 9.59 Å². The predicted molar refractivity (Wildman–Crippen MR) is 138 cm³/mol. The third-order valence-electron chi connectivity index (χ3n) is 6.39. The van der Waals surface area contributed by atoms with E-state index in [4.69, 9.17) is 9.72 Å². The number of anilines is 1. The molecule has 9 heteroatoms. The molecule has 1 aliphatic heterocycles. The van der Waals surface area contributed by atoms with Crippen LogP contribution in [0.3, 0.4) is 0 Å². The number of ether oxygens (including phenoxy) is 1. The molecule has 0 unspecified atom stereocenters. The Kier molecular flexibility index (Phi) is 6.30. The molecule has 5 rings (SSSR count). The Morgan fingerprint density at radius 1 is 1.14 bits per heavy atom. The summed E-state index contributed by atoms with van der Waals surface area (Å²) in [6.45, 7) is 7.98. The van der Waals surface area contributed by atoms with Crippen LogP contribution in [0.1, 0.15) is 44.0 Å². The fraction of sp³-hybridized carbons (Fsp3) is 0.370. The minimum atomic E-state index is -0.495. The number of nitrogens with zero attached hydrogens (tertiary/aromatic N) is 5. The van der Waals surface area contributed by atoms with Gasteiger partial charge in [0.15, 0.2) is 11.5 Å². The number of benzene rings is 1. The Labute approximate surface area is 209 Å². The molecule has 4 aromatic rings. The highest BCUT2D eigenvalue weighted by atomic mass is 16.6. The van der Waals surface area contributed by atoms with Crippen LogP contribution in [0, 0.1) is 5.92 Å². The second kappa shape index (κ2) is 9.56. The third-order valence-corrected chi connectivity index (χ3v) is 6.39. The number of rotatable bonds is 5. The van der Waals surface area contributed by atoms with Crippen molar-refractivity contribution in [1.82, 2.24) is 24.9 Å². The summed E-state index contributed by atoms with van der Waals surface area (Å²) in [6, 6.07) is 13.7. The van der Waals surface area contributed by atoms with Gasteiger partial charge in [-0.3, -0.25) is 9.20 Å². The van der Waals surface area contributed by atoms with Gasteiger partial charge in [-0.15, -0.1) is 10.2 Å². The summed E-state index contributed by atoms with van der Waals surface area (Å²) in [5.74, 6) is 1.04. The fourth-order valence-corrected chi connectivity index (χ4v) is 4.59. The van der Waals surface area contributed by atoms with E-state index < -0.39 is 5.60 Å². The SMILES string of the molecule is CC(C)(C)OC(=O)NCC1CCN(c2cccc3ccc(-c4nnc5cc(C=O)ccn45)nc23)CC1. The number of para-hydroxylation sites is 1. The van der Waals surface area contributed by atoms with Crippen LogP contribution in [0.15, 0.2) is 48.7 Å². The number of hydrogen-bond acceptors (Lipinski definition) is 7. The van der Waals surface area contributed by atoms with Crippen LogP contribution in [0.5, 0.6) is 0 Å². The number of piperidine rings is 1. The van der Waals surface area contributed by atoms with Gasteiger partial charge in [0.05, 0.1) is 11.2 Å². The number of aromatic nitrogens is 4. The molecular formula is C27H30N6O3. The van der Waals surface area contributed by atoms with Crippen LogP contribution in [-0.2, 0) is 4.74 Å². The first-order valence-corrected chi connectivity index (χ1v) is 12.2. The van der Waals surface area contributed by atoms with Gasteiger partial charge in [-0.1, -0.05) is 18.2 Å². The van der Waals surface area contributed by atoms with Crippen LogP contribution < -0.4 is 10.2 Å². The number of fused-ring (bicyclic) bond motifs is 2. The second-order valence-electron chi connectivity index (χ2n) is 10.2. The fourth-order valence-electron chi connectivity index (χ4n) is 4.59. The summed E-state index contributed by atoms with van der Waals surface area (Å²) in [5, 5.41) is 12.5. The molecule has 3 aromatic heterocycles. The molecule has 0 bridgehead atoms. The van der Waals surface area contributed by atoms with Gasteiger partial charge in [0.2, 0.25) is 0 Å². The molecule has 186 valence electrons. The van der Waals surface area contributed by atoms with Gasteiger partial charge in [0.25, 0.3) is 0 Å². The van der Waals surface area contributed by atoms with E-state index in [1.54, 1.807) is 18.3 Å². The Morgan fingerprint density at radius 2 is 1.94 bits per heavy atom. The standard InChI is InChI=1S/C27H30N6O3/c1-27(2,3)36-26(35)28-16-18-9-12-32(13-10-18)22-6-4-5-20-7-8-21(29-24(20)22)25-31-30-23-15-19(17-34)11-14-33(23)25/h4-8,11,14-15,17-18H,9-10,12-13,16H2,1-3H3,(H,28,35). The van der Waals surface area contributed by atoms with Gasteiger partial charge in [-0.2, -0.15) is 0 Å². The van der Waals surface area contributed by atoms with Crippen molar-refractivity contribution in [2.24, 2.45) is 5.92 Å². The van der Waals surface area contributed by atoms with Crippen molar-refractivity contribution in [1.29, 1.82) is 0 Å². The topological polar surface area (TPSA) is 102 Å². The van der Waals surface area contributed by atoms with Crippen LogP contribution in [0.2, 0.25) is 0 Å². The second-order valence-corrected chi connectivity index (χ2v) is 10.2. The molecule has 4 heterocycles. The summed E-state index contributed by atoms with van der Waals surface area (Å²) in [6.07, 6.45) is 4.17. The zero-order chi connectivity index (χ0) is 25.3. The lowest BCUT2D eigenvalue weighted by Gasteiger charge is -2.34. The first-order valence-electron chi connectivity index (χ1n) is 12.2. The first-order chi connectivity index (χ1) is 17.3. The molecular weight excluding hydrogens is 456 g/mol. The van der Waals surface area contributed by atoms with Gasteiger partial charge < -0.3 is 15.0 Å². The summed E-state index contributed by atoms with van der Waals surface area (Å²) < 4.78 is 7.19. The van der Waals surface area contributed by atoms with Gasteiger partial charge in [0.1, 0.15) is 17.6 Å². The third kappa shape index (κ3) is 5.00. The Hall–Kier alpha value is -4.01. The normalized spacial score (nSPS) is 14.8. The Bertz CT molecular complexity index is 1420. The molecule has 36 heavy (non-hydrogen) atoms. The van der Waals surface area contributed by atoms with Crippen molar-refractivity contribution in [3.8, 4) is 11.5 Å². The first kappa shape index (κ1) is 23.7. The molecule has 9 nitrogen and oxygen atoms in total. The van der Waals surface area contributed by atoms with Crippen molar-refractivity contribution in [3.63, 3.8) is 0 Å². The largest absolute Gasteiger partial charge is 0.444 e. The highest BCUT2D eigenvalue weighted by molar-refractivity contribution is 5.92. The average molecular weight is 487 g/mol. The lowest BCUT2D eigenvalue weighted by molar-refractivity contribution is 0.0516. The molecule has 1 aliphatic rings. The van der Waals surface area contributed by atoms with Crippen LogP contribution in [-0.4, -0.2) is 57.2 Å². The number of carbonyl (C=O) groups is 2. The summed E-state index contributed by atoms with van der Waals surface area (Å²) in [7, 11) is 0. The van der Waals surface area contributed by atoms with Crippen molar-refractivity contribution in [2.75, 3.05) is 24.5 Å². The molecule has 1 amide bonds. The van der Waals surface area contributed by atoms with Crippen LogP contribution in [0.4, 0.5) is 10.5 Å². The number of pyridine rings is 2. The number of carbonyl (C=O) groups excluding carboxylic acids is 2. The summed E-state index contributed by atoms with van der Waals surface area (Å²) in [5.41, 5.74) is 3.39. The van der Waals surface area contributed by atoms with Gasteiger partial charge in [-0.05, 0) is 63.8 Å². The van der Waals surface area contributed by atoms with Gasteiger partial charge in [-0.25, -0.2) is 9.78 Å². The van der Waals surface area contributed by atoms with Crippen molar-refractivity contribution >= 4 is 34.6 Å². The zero-order valence-electron chi connectivity index (χ0n) is 20.8. The minimum absolute atomic E-state index is 0.362. The lowest BCUT2D eigenvalue weighted by Crippen LogP contribution is -2.40. The van der Waals surface area contributed by atoms with E-state index in [0.29, 0.717) is 29.5 Å². The average Bonchev–Trinajstić information content (AvgIpc) is 3.29. The molecule has 1 aromatic carbocycles. The molecule has 1 N–H and O–H groups in total. The maximum Gasteiger partial charge on any atom is 0.407 e. The molecule has 0 saturated carbocycles. The van der Waals surface area contributed by atoms with E-state index in [-0.39, 0.29) is 6.09 Å². The number of aldehydes is 1. The number of hydrogen-bond donors (Lipinski definition) is 1. The maximum absolute atomic E-state index is 12.0. The smallest absolute Gasteiger partial charge is 0.407 e. The zero-order valence-corrected chi connectivity index (χ0v) is 20.8. The highest BCUT2D eigenvalue weighted by Gasteiger charge is 2.23. The van der Waals surface area contributed by atoms with E-state index in [1.165, 1.54) is 0 Å². The molecule has 0 atom stereocenters. The summed E-state index contributed by atoms with van der Waals surface area (Å²) >= 11 is 0. The van der Waals surface area contributed by atoms with E-state index >= 15 is 0 Å². The van der Waals surface area contributed by atoms with Crippen molar-refractivity contribution in [3.05, 3.63) is 54.2 Å². The molecule has 0 radical (unpaired) electrons. The maximum atomic E-state index is 12.0. The molecule has 1 fully saturated rings. The number of nitrogens with one attached hydrogen (secondary N) is 1. The van der Waals surface area contributed by atoms with Crippen molar-refractivity contribution in [2.45, 2.75) is 39.2 Å². The Morgan fingerprint density at radius 3 is 2.69 bits per heavy atom. The molecule has 0 spiro atoms. The predicted octanol–water partition coefficient (Wildman–Crippen LogP) is 4.50. The molecule has 0 aliphatic carbocycles. The molecule has 1 saturated heterocycles. The lowest BCUT2D eigenvalue weighted by atomic mass is 9.96. The van der Waals surface area contributed by atoms with Crippen LogP contribution in [0.25, 0.3) is 28.1 Å². The quantitative estimate of drug-likeness (QED) is 0.415. The van der Waals surface area contributed by atoms with E-state index in [1.807, 2.05) is 31.2 Å². The minimum Gasteiger partial charge on any atom is -0.444 e. The van der Waals surface area contributed by atoms with E-state index in [0.717, 1.165) is 54.5 Å². The van der Waals surface area contributed by atoms with E-state index in [2.05, 4.69) is 44.7 Å². The Balaban J connectivity index is 1.33. The number of alkyl carbamates (subject to hydrolysis) is 1. The summed E-state index contributed by atoms with van der Waals surface area (Å²) in [4.78, 5) is 30.4. The van der Waals surface area contributed by atoms with Crippen LogP contribution >= 0.6 is 0 Å².